The van der Waals surface area contributed by atoms with E-state index in [0.29, 0.717) is 13.0 Å². The van der Waals surface area contributed by atoms with Crippen molar-refractivity contribution in [3.05, 3.63) is 0 Å². The predicted molar refractivity (Wildman–Crippen MR) is 60.6 cm³/mol. The summed E-state index contributed by atoms with van der Waals surface area (Å²) < 4.78 is 4.84. The van der Waals surface area contributed by atoms with E-state index in [0.717, 1.165) is 25.7 Å². The third-order valence-electron chi connectivity index (χ3n) is 2.55. The molecule has 15 heavy (non-hydrogen) atoms. The summed E-state index contributed by atoms with van der Waals surface area (Å²) >= 11 is 0. The number of rotatable bonds is 8. The van der Waals surface area contributed by atoms with Crippen molar-refractivity contribution in [2.24, 2.45) is 5.92 Å². The number of aliphatic hydroxyl groups is 1. The number of ether oxygens (including phenoxy) is 1. The molecule has 3 heteroatoms. The molecule has 0 aromatic heterocycles. The number of esters is 1. The van der Waals surface area contributed by atoms with Gasteiger partial charge < -0.3 is 9.84 Å². The minimum Gasteiger partial charge on any atom is -0.466 e. The summed E-state index contributed by atoms with van der Waals surface area (Å²) in [6, 6.07) is 0. The van der Waals surface area contributed by atoms with Crippen molar-refractivity contribution in [1.82, 2.24) is 0 Å². The van der Waals surface area contributed by atoms with Gasteiger partial charge in [0.15, 0.2) is 0 Å². The maximum atomic E-state index is 11.2. The van der Waals surface area contributed by atoms with Gasteiger partial charge >= 0.3 is 5.97 Å². The average molecular weight is 216 g/mol. The van der Waals surface area contributed by atoms with E-state index in [1.54, 1.807) is 6.92 Å². The Morgan fingerprint density at radius 1 is 1.33 bits per heavy atom. The molecule has 0 saturated heterocycles. The first-order chi connectivity index (χ1) is 7.11. The van der Waals surface area contributed by atoms with Crippen LogP contribution in [0.1, 0.15) is 52.9 Å². The Morgan fingerprint density at radius 3 is 2.53 bits per heavy atom. The fourth-order valence-electron chi connectivity index (χ4n) is 1.51. The molecule has 0 aromatic carbocycles. The zero-order valence-corrected chi connectivity index (χ0v) is 10.2. The summed E-state index contributed by atoms with van der Waals surface area (Å²) in [4.78, 5) is 11.2. The molecule has 0 aliphatic heterocycles. The molecule has 0 heterocycles. The molecule has 0 saturated carbocycles. The van der Waals surface area contributed by atoms with Gasteiger partial charge in [0.25, 0.3) is 0 Å². The van der Waals surface area contributed by atoms with Gasteiger partial charge in [-0.1, -0.05) is 33.1 Å². The van der Waals surface area contributed by atoms with Crippen LogP contribution >= 0.6 is 0 Å². The molecular formula is C12H24O3. The van der Waals surface area contributed by atoms with Crippen LogP contribution < -0.4 is 0 Å². The second-order valence-electron chi connectivity index (χ2n) is 4.05. The van der Waals surface area contributed by atoms with Crippen LogP contribution in [-0.2, 0) is 9.53 Å². The highest BCUT2D eigenvalue weighted by Gasteiger charge is 2.17. The molecule has 0 fully saturated rings. The first kappa shape index (κ1) is 14.4. The molecule has 0 radical (unpaired) electrons. The van der Waals surface area contributed by atoms with Crippen molar-refractivity contribution >= 4 is 5.97 Å². The number of hydrogen-bond donors (Lipinski definition) is 1. The zero-order chi connectivity index (χ0) is 11.7. The fourth-order valence-corrected chi connectivity index (χ4v) is 1.51. The van der Waals surface area contributed by atoms with Crippen LogP contribution in [0, 0.1) is 5.92 Å². The lowest BCUT2D eigenvalue weighted by Crippen LogP contribution is -2.21. The topological polar surface area (TPSA) is 46.5 Å². The van der Waals surface area contributed by atoms with Crippen molar-refractivity contribution in [2.75, 3.05) is 6.61 Å². The highest BCUT2D eigenvalue weighted by Crippen LogP contribution is 2.15. The van der Waals surface area contributed by atoms with Crippen molar-refractivity contribution in [1.29, 1.82) is 0 Å². The Balaban J connectivity index is 3.67. The first-order valence-corrected chi connectivity index (χ1v) is 5.95. The molecular weight excluding hydrogens is 192 g/mol. The third kappa shape index (κ3) is 7.37. The van der Waals surface area contributed by atoms with Gasteiger partial charge in [0.05, 0.1) is 19.1 Å². The molecule has 2 atom stereocenters. The lowest BCUT2D eigenvalue weighted by molar-refractivity contribution is -0.145. The maximum absolute atomic E-state index is 11.2. The van der Waals surface area contributed by atoms with E-state index >= 15 is 0 Å². The van der Waals surface area contributed by atoms with E-state index in [-0.39, 0.29) is 18.0 Å². The highest BCUT2D eigenvalue weighted by atomic mass is 16.5. The lowest BCUT2D eigenvalue weighted by Gasteiger charge is -2.17. The van der Waals surface area contributed by atoms with Gasteiger partial charge in [-0.25, -0.2) is 0 Å². The first-order valence-electron chi connectivity index (χ1n) is 5.95. The molecule has 0 amide bonds. The second kappa shape index (κ2) is 8.72. The van der Waals surface area contributed by atoms with E-state index in [2.05, 4.69) is 6.92 Å². The molecule has 0 aromatic rings. The van der Waals surface area contributed by atoms with Crippen LogP contribution in [0.25, 0.3) is 0 Å². The molecule has 0 spiro atoms. The van der Waals surface area contributed by atoms with E-state index in [1.807, 2.05) is 6.92 Å². The minimum atomic E-state index is -0.374. The molecule has 0 aliphatic rings. The van der Waals surface area contributed by atoms with Gasteiger partial charge in [-0.15, -0.1) is 0 Å². The third-order valence-corrected chi connectivity index (χ3v) is 2.55. The highest BCUT2D eigenvalue weighted by molar-refractivity contribution is 5.69. The molecule has 1 N–H and O–H groups in total. The zero-order valence-electron chi connectivity index (χ0n) is 10.2. The van der Waals surface area contributed by atoms with Crippen LogP contribution in [0.5, 0.6) is 0 Å². The summed E-state index contributed by atoms with van der Waals surface area (Å²) in [5, 5.41) is 9.75. The van der Waals surface area contributed by atoms with Crippen LogP contribution in [0.2, 0.25) is 0 Å². The molecule has 0 bridgehead atoms. The summed E-state index contributed by atoms with van der Waals surface area (Å²) in [6.07, 6.45) is 4.06. The second-order valence-corrected chi connectivity index (χ2v) is 4.05. The van der Waals surface area contributed by atoms with Crippen molar-refractivity contribution in [3.63, 3.8) is 0 Å². The number of aliphatic hydroxyl groups excluding tert-OH is 1. The van der Waals surface area contributed by atoms with Crippen molar-refractivity contribution in [3.8, 4) is 0 Å². The Labute approximate surface area is 92.8 Å². The van der Waals surface area contributed by atoms with Crippen molar-refractivity contribution < 1.29 is 14.6 Å². The summed E-state index contributed by atoms with van der Waals surface area (Å²) in [6.45, 7) is 6.24. The smallest absolute Gasteiger partial charge is 0.306 e. The molecule has 90 valence electrons. The van der Waals surface area contributed by atoms with Crippen LogP contribution in [0.15, 0.2) is 0 Å². The summed E-state index contributed by atoms with van der Waals surface area (Å²) in [5.41, 5.74) is 0. The quantitative estimate of drug-likeness (QED) is 0.501. The van der Waals surface area contributed by atoms with E-state index in [1.165, 1.54) is 0 Å². The summed E-state index contributed by atoms with van der Waals surface area (Å²) in [7, 11) is 0. The van der Waals surface area contributed by atoms with Crippen LogP contribution in [0.3, 0.4) is 0 Å². The SMILES string of the molecule is CCCCCC(O)C(C)CC(=O)OCC. The maximum Gasteiger partial charge on any atom is 0.306 e. The van der Waals surface area contributed by atoms with E-state index < -0.39 is 0 Å². The molecule has 2 unspecified atom stereocenters. The van der Waals surface area contributed by atoms with Gasteiger partial charge in [0, 0.05) is 0 Å². The Hall–Kier alpha value is -0.570. The Morgan fingerprint density at radius 2 is 2.00 bits per heavy atom. The predicted octanol–water partition coefficient (Wildman–Crippen LogP) is 2.52. The van der Waals surface area contributed by atoms with Gasteiger partial charge in [0.2, 0.25) is 0 Å². The van der Waals surface area contributed by atoms with E-state index in [4.69, 9.17) is 4.74 Å². The number of carbonyl (C=O) groups excluding carboxylic acids is 1. The van der Waals surface area contributed by atoms with Crippen LogP contribution in [-0.4, -0.2) is 23.8 Å². The van der Waals surface area contributed by atoms with Gasteiger partial charge in [-0.05, 0) is 19.3 Å². The molecule has 3 nitrogen and oxygen atoms in total. The lowest BCUT2D eigenvalue weighted by atomic mass is 9.96. The largest absolute Gasteiger partial charge is 0.466 e. The molecule has 0 aliphatic carbocycles. The Kier molecular flexibility index (Phi) is 8.38. The summed E-state index contributed by atoms with van der Waals surface area (Å²) in [5.74, 6) is -0.208. The normalized spacial score (nSPS) is 14.7. The monoisotopic (exact) mass is 216 g/mol. The van der Waals surface area contributed by atoms with Gasteiger partial charge in [-0.2, -0.15) is 0 Å². The van der Waals surface area contributed by atoms with Gasteiger partial charge in [-0.3, -0.25) is 4.79 Å². The Bertz CT molecular complexity index is 168. The number of unbranched alkanes of at least 4 members (excludes halogenated alkanes) is 2. The number of hydrogen-bond acceptors (Lipinski definition) is 3. The average Bonchev–Trinajstić information content (AvgIpc) is 2.18. The number of carbonyl (C=O) groups is 1. The van der Waals surface area contributed by atoms with Crippen molar-refractivity contribution in [2.45, 2.75) is 59.0 Å². The minimum absolute atomic E-state index is 0.000839. The molecule has 0 rings (SSSR count). The van der Waals surface area contributed by atoms with E-state index in [9.17, 15) is 9.90 Å². The standard InChI is InChI=1S/C12H24O3/c1-4-6-7-8-11(13)10(3)9-12(14)15-5-2/h10-11,13H,4-9H2,1-3H3. The van der Waals surface area contributed by atoms with Gasteiger partial charge in [0.1, 0.15) is 0 Å². The van der Waals surface area contributed by atoms with Crippen LogP contribution in [0.4, 0.5) is 0 Å². The fraction of sp³-hybridized carbons (Fsp3) is 0.917.